The van der Waals surface area contributed by atoms with Crippen molar-refractivity contribution in [2.24, 2.45) is 0 Å². The molecule has 156 valence electrons. The van der Waals surface area contributed by atoms with Crippen molar-refractivity contribution in [3.8, 4) is 0 Å². The average Bonchev–Trinajstić information content (AvgIpc) is 2.62. The van der Waals surface area contributed by atoms with E-state index in [1.807, 2.05) is 0 Å². The Hall–Kier alpha value is -0.610. The number of hydrogen-bond acceptors (Lipinski definition) is 3. The predicted octanol–water partition coefficient (Wildman–Crippen LogP) is 6.98. The predicted molar refractivity (Wildman–Crippen MR) is 110 cm³/mol. The summed E-state index contributed by atoms with van der Waals surface area (Å²) in [6.45, 7) is 10.3. The molecule has 0 rings (SSSR count). The maximum absolute atomic E-state index is 12.1. The second-order valence-corrected chi connectivity index (χ2v) is 7.51. The molecule has 0 radical (unpaired) electrons. The summed E-state index contributed by atoms with van der Waals surface area (Å²) >= 11 is 0. The molecule has 0 bridgehead atoms. The first-order valence-electron chi connectivity index (χ1n) is 11.2. The lowest BCUT2D eigenvalue weighted by Gasteiger charge is -2.29. The summed E-state index contributed by atoms with van der Waals surface area (Å²) in [5.74, 6) is -0.154. The second kappa shape index (κ2) is 17.8. The van der Waals surface area contributed by atoms with Gasteiger partial charge in [0.15, 0.2) is 0 Å². The van der Waals surface area contributed by atoms with Crippen LogP contribution in [0.25, 0.3) is 0 Å². The zero-order valence-corrected chi connectivity index (χ0v) is 18.2. The normalized spacial score (nSPS) is 13.6. The van der Waals surface area contributed by atoms with Crippen molar-refractivity contribution in [1.29, 1.82) is 0 Å². The minimum Gasteiger partial charge on any atom is -0.270 e. The van der Waals surface area contributed by atoms with Crippen LogP contribution in [0, 0.1) is 0 Å². The molecule has 0 N–H and O–H groups in total. The van der Waals surface area contributed by atoms with Crippen LogP contribution in [-0.2, 0) is 14.5 Å². The van der Waals surface area contributed by atoms with Crippen LogP contribution in [0.4, 0.5) is 0 Å². The Morgan fingerprint density at radius 1 is 0.654 bits per heavy atom. The Bertz CT molecular complexity index is 299. The van der Waals surface area contributed by atoms with Gasteiger partial charge in [-0.15, -0.1) is 0 Å². The van der Waals surface area contributed by atoms with Gasteiger partial charge in [0, 0.05) is 6.92 Å². The lowest BCUT2D eigenvalue weighted by atomic mass is 10.1. The van der Waals surface area contributed by atoms with Crippen LogP contribution < -0.4 is 0 Å². The van der Waals surface area contributed by atoms with E-state index >= 15 is 0 Å². The van der Waals surface area contributed by atoms with Crippen molar-refractivity contribution in [2.45, 2.75) is 137 Å². The molecule has 0 aliphatic rings. The van der Waals surface area contributed by atoms with E-state index in [1.54, 1.807) is 0 Å². The molecule has 1 amide bonds. The van der Waals surface area contributed by atoms with Gasteiger partial charge in [-0.05, 0) is 25.7 Å². The molecule has 0 saturated carbocycles. The molecule has 0 aromatic heterocycles. The molecule has 4 heteroatoms. The number of hydroxylamine groups is 2. The minimum absolute atomic E-state index is 0.0767. The van der Waals surface area contributed by atoms with Crippen LogP contribution in [0.15, 0.2) is 0 Å². The first-order valence-corrected chi connectivity index (χ1v) is 11.2. The van der Waals surface area contributed by atoms with Crippen molar-refractivity contribution in [3.63, 3.8) is 0 Å². The zero-order chi connectivity index (χ0) is 19.6. The lowest BCUT2D eigenvalue weighted by Crippen LogP contribution is -2.37. The standard InChI is InChI=1S/C22H45NO3/c1-6-10-14-18-21(16-12-8-3)25-23(20(5)24)26-22(17-13-9-4)19-15-11-7-2/h21-22H,6-19H2,1-5H3. The van der Waals surface area contributed by atoms with E-state index in [4.69, 9.17) is 9.68 Å². The van der Waals surface area contributed by atoms with Crippen molar-refractivity contribution >= 4 is 5.91 Å². The average molecular weight is 372 g/mol. The first kappa shape index (κ1) is 25.4. The SMILES string of the molecule is CCCCCC(CCCC)ON(OC(CCCC)CCCCC)C(C)=O. The maximum Gasteiger partial charge on any atom is 0.270 e. The van der Waals surface area contributed by atoms with Gasteiger partial charge < -0.3 is 0 Å². The fourth-order valence-corrected chi connectivity index (χ4v) is 3.05. The summed E-state index contributed by atoms with van der Waals surface area (Å²) in [7, 11) is 0. The van der Waals surface area contributed by atoms with Crippen molar-refractivity contribution in [1.82, 2.24) is 5.23 Å². The largest absolute Gasteiger partial charge is 0.270 e. The molecular weight excluding hydrogens is 326 g/mol. The van der Waals surface area contributed by atoms with Crippen LogP contribution in [0.3, 0.4) is 0 Å². The Labute approximate surface area is 162 Å². The first-order chi connectivity index (χ1) is 12.6. The van der Waals surface area contributed by atoms with Crippen LogP contribution in [0.5, 0.6) is 0 Å². The summed E-state index contributed by atoms with van der Waals surface area (Å²) in [4.78, 5) is 24.2. The number of nitrogens with zero attached hydrogens (tertiary/aromatic N) is 1. The van der Waals surface area contributed by atoms with Gasteiger partial charge in [0.1, 0.15) is 0 Å². The molecular formula is C22H45NO3. The van der Waals surface area contributed by atoms with Gasteiger partial charge in [0.05, 0.1) is 12.2 Å². The van der Waals surface area contributed by atoms with E-state index in [2.05, 4.69) is 27.7 Å². The number of unbranched alkanes of at least 4 members (excludes halogenated alkanes) is 6. The molecule has 0 spiro atoms. The summed E-state index contributed by atoms with van der Waals surface area (Å²) in [5, 5.41) is 1.21. The maximum atomic E-state index is 12.1. The highest BCUT2D eigenvalue weighted by Crippen LogP contribution is 2.19. The van der Waals surface area contributed by atoms with E-state index in [0.29, 0.717) is 0 Å². The highest BCUT2D eigenvalue weighted by molar-refractivity contribution is 5.70. The molecule has 2 atom stereocenters. The van der Waals surface area contributed by atoms with E-state index < -0.39 is 0 Å². The molecule has 4 nitrogen and oxygen atoms in total. The quantitative estimate of drug-likeness (QED) is 0.193. The topological polar surface area (TPSA) is 38.8 Å². The summed E-state index contributed by atoms with van der Waals surface area (Å²) in [6.07, 6.45) is 15.8. The smallest absolute Gasteiger partial charge is 0.270 e. The molecule has 0 aromatic rings. The van der Waals surface area contributed by atoms with Crippen molar-refractivity contribution in [3.05, 3.63) is 0 Å². The number of carbonyl (C=O) groups excluding carboxylic acids is 1. The van der Waals surface area contributed by atoms with E-state index in [9.17, 15) is 4.79 Å². The molecule has 26 heavy (non-hydrogen) atoms. The number of amides is 1. The van der Waals surface area contributed by atoms with Crippen LogP contribution in [-0.4, -0.2) is 23.3 Å². The monoisotopic (exact) mass is 371 g/mol. The Morgan fingerprint density at radius 3 is 1.31 bits per heavy atom. The Kier molecular flexibility index (Phi) is 17.4. The minimum atomic E-state index is -0.154. The van der Waals surface area contributed by atoms with Gasteiger partial charge in [-0.3, -0.25) is 4.79 Å². The Morgan fingerprint density at radius 2 is 1.00 bits per heavy atom. The fourth-order valence-electron chi connectivity index (χ4n) is 3.05. The Balaban J connectivity index is 4.74. The van der Waals surface area contributed by atoms with Crippen molar-refractivity contribution < 1.29 is 14.5 Å². The molecule has 0 fully saturated rings. The number of carbonyl (C=O) groups is 1. The molecule has 0 aromatic carbocycles. The van der Waals surface area contributed by atoms with Gasteiger partial charge in [-0.1, -0.05) is 97.1 Å². The van der Waals surface area contributed by atoms with Crippen LogP contribution >= 0.6 is 0 Å². The number of hydrogen-bond donors (Lipinski definition) is 0. The molecule has 0 aliphatic heterocycles. The van der Waals surface area contributed by atoms with E-state index in [0.717, 1.165) is 64.2 Å². The highest BCUT2D eigenvalue weighted by Gasteiger charge is 2.22. The third kappa shape index (κ3) is 13.6. The van der Waals surface area contributed by atoms with Gasteiger partial charge in [0.2, 0.25) is 0 Å². The lowest BCUT2D eigenvalue weighted by molar-refractivity contribution is -0.376. The summed E-state index contributed by atoms with van der Waals surface area (Å²) in [6, 6.07) is 0. The summed E-state index contributed by atoms with van der Waals surface area (Å²) in [5.41, 5.74) is 0. The zero-order valence-electron chi connectivity index (χ0n) is 18.2. The molecule has 2 unspecified atom stereocenters. The van der Waals surface area contributed by atoms with Crippen LogP contribution in [0.2, 0.25) is 0 Å². The third-order valence-corrected chi connectivity index (χ3v) is 4.77. The van der Waals surface area contributed by atoms with E-state index in [1.165, 1.54) is 37.8 Å². The van der Waals surface area contributed by atoms with Gasteiger partial charge >= 0.3 is 0 Å². The fraction of sp³-hybridized carbons (Fsp3) is 0.955. The second-order valence-electron chi connectivity index (χ2n) is 7.51. The third-order valence-electron chi connectivity index (χ3n) is 4.77. The number of rotatable bonds is 18. The highest BCUT2D eigenvalue weighted by atomic mass is 17.0. The molecule has 0 aliphatic carbocycles. The molecule has 0 heterocycles. The van der Waals surface area contributed by atoms with E-state index in [-0.39, 0.29) is 18.1 Å². The van der Waals surface area contributed by atoms with Gasteiger partial charge in [-0.2, -0.15) is 0 Å². The van der Waals surface area contributed by atoms with Crippen LogP contribution in [0.1, 0.15) is 125 Å². The molecule has 0 saturated heterocycles. The van der Waals surface area contributed by atoms with Gasteiger partial charge in [-0.25, -0.2) is 9.68 Å². The van der Waals surface area contributed by atoms with Gasteiger partial charge in [0.25, 0.3) is 5.91 Å². The van der Waals surface area contributed by atoms with Crippen molar-refractivity contribution in [2.75, 3.05) is 0 Å². The summed E-state index contributed by atoms with van der Waals surface area (Å²) < 4.78 is 0.